The fourth-order valence-corrected chi connectivity index (χ4v) is 3.38. The summed E-state index contributed by atoms with van der Waals surface area (Å²) in [6.45, 7) is 17.6. The highest BCUT2D eigenvalue weighted by molar-refractivity contribution is 5.99. The Morgan fingerprint density at radius 3 is 1.96 bits per heavy atom. The molecule has 0 amide bonds. The topological polar surface area (TPSA) is 22.0 Å². The molecule has 0 N–H and O–H groups in total. The maximum absolute atomic E-state index is 11.8. The first-order valence-corrected chi connectivity index (χ1v) is 10.1. The lowest BCUT2D eigenvalue weighted by molar-refractivity contribution is 0.101. The van der Waals surface area contributed by atoms with E-state index in [-0.39, 0.29) is 5.78 Å². The maximum atomic E-state index is 11.8. The molecule has 0 radical (unpaired) electrons. The number of ketones is 1. The maximum Gasteiger partial charge on any atom is 0.162 e. The average Bonchev–Trinajstić information content (AvgIpc) is 2.95. The molecule has 1 aliphatic rings. The highest BCUT2D eigenvalue weighted by atomic mass is 16.1. The highest BCUT2D eigenvalue weighted by Crippen LogP contribution is 2.27. The highest BCUT2D eigenvalue weighted by Gasteiger charge is 2.19. The Kier molecular flexibility index (Phi) is 9.44. The van der Waals surface area contributed by atoms with Crippen molar-refractivity contribution in [1.82, 2.24) is 4.57 Å². The van der Waals surface area contributed by atoms with Crippen LogP contribution in [0.3, 0.4) is 0 Å². The number of rotatable bonds is 3. The van der Waals surface area contributed by atoms with Crippen molar-refractivity contribution in [1.29, 1.82) is 0 Å². The second-order valence-electron chi connectivity index (χ2n) is 6.82. The Balaban J connectivity index is 0.000000363. The Morgan fingerprint density at radius 2 is 1.61 bits per heavy atom. The largest absolute Gasteiger partial charge is 0.317 e. The summed E-state index contributed by atoms with van der Waals surface area (Å²) in [5, 5.41) is 0. The summed E-state index contributed by atoms with van der Waals surface area (Å²) in [7, 11) is 0. The molecule has 0 spiro atoms. The number of Topliss-reactive ketones (excluding diaryl/α,β-unsaturated/α-hetero) is 1. The van der Waals surface area contributed by atoms with E-state index in [1.807, 2.05) is 27.7 Å². The minimum Gasteiger partial charge on any atom is -0.317 e. The number of nitrogens with zero attached hydrogens (tertiary/aromatic N) is 1. The second kappa shape index (κ2) is 11.3. The molecule has 2 aromatic rings. The molecule has 1 aliphatic carbocycles. The number of benzene rings is 1. The molecule has 0 atom stereocenters. The van der Waals surface area contributed by atoms with Crippen LogP contribution in [0.15, 0.2) is 54.6 Å². The van der Waals surface area contributed by atoms with Crippen LogP contribution >= 0.6 is 0 Å². The lowest BCUT2D eigenvalue weighted by Crippen LogP contribution is -2.01. The summed E-state index contributed by atoms with van der Waals surface area (Å²) in [5.74, 6) is 0.0846. The van der Waals surface area contributed by atoms with E-state index < -0.39 is 0 Å². The Hall–Kier alpha value is -2.61. The summed E-state index contributed by atoms with van der Waals surface area (Å²) in [4.78, 5) is 11.8. The minimum atomic E-state index is 0.0846. The van der Waals surface area contributed by atoms with Gasteiger partial charge in [0.15, 0.2) is 5.78 Å². The van der Waals surface area contributed by atoms with Gasteiger partial charge in [0.25, 0.3) is 0 Å². The quantitative estimate of drug-likeness (QED) is 0.506. The van der Waals surface area contributed by atoms with Gasteiger partial charge in [0, 0.05) is 28.2 Å². The van der Waals surface area contributed by atoms with Gasteiger partial charge in [-0.05, 0) is 59.6 Å². The van der Waals surface area contributed by atoms with Crippen molar-refractivity contribution in [3.63, 3.8) is 0 Å². The molecule has 0 saturated heterocycles. The number of allylic oxidation sites excluding steroid dienone is 4. The third-order valence-corrected chi connectivity index (χ3v) is 4.72. The molecule has 0 unspecified atom stereocenters. The molecule has 2 heteroatoms. The lowest BCUT2D eigenvalue weighted by atomic mass is 10.1. The standard InChI is InChI=1S/C17H19NO.C7H10.C2H6/c1-6-16-12(3)18(13(4)17(16)14(5)19)15-9-7-11(2)8-10-15;1-7-5-3-2-4-6-7;1-2/h6-10H,1H2,2-5H3;3,5-6H,2,4H2,1H3;1-2H3. The van der Waals surface area contributed by atoms with E-state index in [0.29, 0.717) is 0 Å². The first kappa shape index (κ1) is 23.4. The van der Waals surface area contributed by atoms with E-state index in [0.717, 1.165) is 28.2 Å². The van der Waals surface area contributed by atoms with E-state index in [1.54, 1.807) is 13.0 Å². The molecule has 1 aromatic carbocycles. The van der Waals surface area contributed by atoms with Crippen LogP contribution in [0.1, 0.15) is 73.4 Å². The summed E-state index contributed by atoms with van der Waals surface area (Å²) in [6, 6.07) is 8.31. The number of hydrogen-bond donors (Lipinski definition) is 0. The van der Waals surface area contributed by atoms with Crippen LogP contribution in [0.4, 0.5) is 0 Å². The van der Waals surface area contributed by atoms with Gasteiger partial charge < -0.3 is 4.57 Å². The third-order valence-electron chi connectivity index (χ3n) is 4.72. The molecular weight excluding hydrogens is 342 g/mol. The summed E-state index contributed by atoms with van der Waals surface area (Å²) < 4.78 is 2.12. The van der Waals surface area contributed by atoms with Crippen LogP contribution in [-0.4, -0.2) is 10.4 Å². The SMILES string of the molecule is C=Cc1c(C(C)=O)c(C)n(-c2ccc(C)cc2)c1C.CC.CC1=CCCC=C1. The molecule has 1 heterocycles. The van der Waals surface area contributed by atoms with Crippen LogP contribution < -0.4 is 0 Å². The fraction of sp³-hybridized carbons (Fsp3) is 0.346. The number of carbonyl (C=O) groups is 1. The van der Waals surface area contributed by atoms with Crippen molar-refractivity contribution >= 4 is 11.9 Å². The van der Waals surface area contributed by atoms with Crippen LogP contribution in [-0.2, 0) is 0 Å². The van der Waals surface area contributed by atoms with E-state index in [9.17, 15) is 4.79 Å². The molecule has 1 aromatic heterocycles. The first-order valence-electron chi connectivity index (χ1n) is 10.1. The molecule has 3 rings (SSSR count). The molecule has 28 heavy (non-hydrogen) atoms. The normalized spacial score (nSPS) is 12.2. The average molecular weight is 378 g/mol. The lowest BCUT2D eigenvalue weighted by Gasteiger charge is -2.10. The van der Waals surface area contributed by atoms with Gasteiger partial charge >= 0.3 is 0 Å². The van der Waals surface area contributed by atoms with Crippen molar-refractivity contribution in [3.05, 3.63) is 82.7 Å². The number of aryl methyl sites for hydroxylation is 1. The van der Waals surface area contributed by atoms with Gasteiger partial charge in [-0.15, -0.1) is 0 Å². The summed E-state index contributed by atoms with van der Waals surface area (Å²) in [6.07, 6.45) is 10.9. The second-order valence-corrected chi connectivity index (χ2v) is 6.82. The molecule has 150 valence electrons. The van der Waals surface area contributed by atoms with Crippen molar-refractivity contribution in [2.24, 2.45) is 0 Å². The zero-order chi connectivity index (χ0) is 21.3. The molecule has 2 nitrogen and oxygen atoms in total. The van der Waals surface area contributed by atoms with Crippen LogP contribution in [0.2, 0.25) is 0 Å². The van der Waals surface area contributed by atoms with Crippen LogP contribution in [0.25, 0.3) is 11.8 Å². The van der Waals surface area contributed by atoms with Crippen molar-refractivity contribution in [3.8, 4) is 5.69 Å². The van der Waals surface area contributed by atoms with Crippen molar-refractivity contribution in [2.75, 3.05) is 0 Å². The fourth-order valence-electron chi connectivity index (χ4n) is 3.38. The smallest absolute Gasteiger partial charge is 0.162 e. The number of carbonyl (C=O) groups excluding carboxylic acids is 1. The van der Waals surface area contributed by atoms with Crippen LogP contribution in [0.5, 0.6) is 0 Å². The summed E-state index contributed by atoms with van der Waals surface area (Å²) in [5.41, 5.74) is 7.45. The zero-order valence-corrected chi connectivity index (χ0v) is 18.6. The number of aromatic nitrogens is 1. The van der Waals surface area contributed by atoms with Gasteiger partial charge in [-0.2, -0.15) is 0 Å². The van der Waals surface area contributed by atoms with Gasteiger partial charge in [-0.1, -0.05) is 68.0 Å². The Bertz CT molecular complexity index is 861. The van der Waals surface area contributed by atoms with E-state index >= 15 is 0 Å². The van der Waals surface area contributed by atoms with Gasteiger partial charge in [-0.3, -0.25) is 4.79 Å². The molecular formula is C26H35NO. The van der Waals surface area contributed by atoms with Crippen LogP contribution in [0, 0.1) is 20.8 Å². The Labute approximate surface area is 171 Å². The van der Waals surface area contributed by atoms with Crippen molar-refractivity contribution in [2.45, 2.75) is 61.3 Å². The monoisotopic (exact) mass is 377 g/mol. The molecule has 0 fully saturated rings. The molecule has 0 saturated carbocycles. The van der Waals surface area contributed by atoms with E-state index in [1.165, 1.54) is 24.0 Å². The van der Waals surface area contributed by atoms with Gasteiger partial charge in [0.2, 0.25) is 0 Å². The zero-order valence-electron chi connectivity index (χ0n) is 18.6. The predicted molar refractivity (Wildman–Crippen MR) is 124 cm³/mol. The number of hydrogen-bond acceptors (Lipinski definition) is 1. The van der Waals surface area contributed by atoms with Crippen molar-refractivity contribution < 1.29 is 4.79 Å². The van der Waals surface area contributed by atoms with Gasteiger partial charge in [-0.25, -0.2) is 0 Å². The first-order chi connectivity index (χ1) is 13.4. The summed E-state index contributed by atoms with van der Waals surface area (Å²) >= 11 is 0. The molecule has 0 bridgehead atoms. The Morgan fingerprint density at radius 1 is 1.00 bits per heavy atom. The molecule has 0 aliphatic heterocycles. The predicted octanol–water partition coefficient (Wildman–Crippen LogP) is 7.56. The van der Waals surface area contributed by atoms with Gasteiger partial charge in [0.05, 0.1) is 0 Å². The van der Waals surface area contributed by atoms with E-state index in [4.69, 9.17) is 0 Å². The minimum absolute atomic E-state index is 0.0846. The third kappa shape index (κ3) is 5.69. The van der Waals surface area contributed by atoms with E-state index in [2.05, 4.69) is 67.5 Å². The van der Waals surface area contributed by atoms with Gasteiger partial charge in [0.1, 0.15) is 0 Å².